The smallest absolute Gasteiger partial charge is 0.284 e. The van der Waals surface area contributed by atoms with Crippen LogP contribution < -0.4 is 0 Å². The average Bonchev–Trinajstić information content (AvgIpc) is 1.35. The van der Waals surface area contributed by atoms with E-state index in [2.05, 4.69) is 0 Å². The molecule has 0 amide bonds. The van der Waals surface area contributed by atoms with Crippen molar-refractivity contribution in [3.63, 3.8) is 0 Å². The van der Waals surface area contributed by atoms with Gasteiger partial charge in [-0.1, -0.05) is 0 Å². The van der Waals surface area contributed by atoms with Crippen LogP contribution in [0.3, 0.4) is 0 Å². The molecule has 0 aromatic rings. The van der Waals surface area contributed by atoms with Gasteiger partial charge in [0.15, 0.2) is 0 Å². The minimum atomic E-state index is -4.33. The maximum atomic E-state index is 10.7. The van der Waals surface area contributed by atoms with Crippen molar-refractivity contribution in [1.29, 1.82) is 0 Å². The monoisotopic (exact) mass is 113 g/mol. The fourth-order valence-corrected chi connectivity index (χ4v) is 0. The molecule has 1 N–H and O–H groups in total. The first-order valence-electron chi connectivity index (χ1n) is 1.07. The van der Waals surface area contributed by atoms with E-state index in [1.54, 1.807) is 0 Å². The molecule has 0 atom stereocenters. The molecule has 0 rings (SSSR count). The molecule has 0 bridgehead atoms. The maximum absolute atomic E-state index is 10.7. The third-order valence-electron chi connectivity index (χ3n) is 0.138. The Bertz CT molecular complexity index is 113. The zero-order valence-electron chi connectivity index (χ0n) is 2.76. The summed E-state index contributed by atoms with van der Waals surface area (Å²) in [6, 6.07) is -1.70. The van der Waals surface area contributed by atoms with Crippen LogP contribution in [0.4, 0.5) is 4.39 Å². The van der Waals surface area contributed by atoms with Crippen molar-refractivity contribution in [3.8, 4) is 0 Å². The van der Waals surface area contributed by atoms with Gasteiger partial charge in [-0.2, -0.15) is 8.42 Å². The molecule has 0 heterocycles. The number of hydrogen-bond donors (Lipinski definition) is 1. The van der Waals surface area contributed by atoms with Crippen LogP contribution in [0.5, 0.6) is 0 Å². The zero-order valence-corrected chi connectivity index (χ0v) is 3.57. The molecule has 0 fully saturated rings. The summed E-state index contributed by atoms with van der Waals surface area (Å²) in [6.07, 6.45) is 0. The fraction of sp³-hybridized carbons (Fsp3) is 1.00. The second-order valence-corrected chi connectivity index (χ2v) is 2.07. The third kappa shape index (κ3) is 3.84. The SMILES string of the molecule is O=S(=O)(O)C[18F]. The highest BCUT2D eigenvalue weighted by Gasteiger charge is 1.97. The van der Waals surface area contributed by atoms with Gasteiger partial charge in [0.25, 0.3) is 10.1 Å². The van der Waals surface area contributed by atoms with Gasteiger partial charge in [-0.05, 0) is 0 Å². The van der Waals surface area contributed by atoms with Crippen LogP contribution in [-0.4, -0.2) is 19.0 Å². The quantitative estimate of drug-likeness (QED) is 0.479. The third-order valence-corrected chi connectivity index (χ3v) is 0.414. The van der Waals surface area contributed by atoms with E-state index in [4.69, 9.17) is 4.55 Å². The van der Waals surface area contributed by atoms with Crippen molar-refractivity contribution < 1.29 is 17.4 Å². The van der Waals surface area contributed by atoms with Crippen LogP contribution in [0, 0.1) is 0 Å². The normalized spacial score (nSPS) is 11.7. The summed E-state index contributed by atoms with van der Waals surface area (Å²) >= 11 is 0. The molecule has 3 nitrogen and oxygen atoms in total. The Labute approximate surface area is 34.5 Å². The highest BCUT2D eigenvalue weighted by atomic mass is 32.2. The molecule has 5 heteroatoms. The molecule has 0 aromatic carbocycles. The van der Waals surface area contributed by atoms with E-state index >= 15 is 0 Å². The molecule has 0 aromatic heterocycles. The Kier molecular flexibility index (Phi) is 1.48. The Morgan fingerprint density at radius 2 is 1.83 bits per heavy atom. The molecule has 0 radical (unpaired) electrons. The average molecular weight is 113 g/mol. The minimum Gasteiger partial charge on any atom is -0.284 e. The topological polar surface area (TPSA) is 54.4 Å². The van der Waals surface area contributed by atoms with E-state index in [0.29, 0.717) is 0 Å². The number of hydrogen-bond acceptors (Lipinski definition) is 2. The summed E-state index contributed by atoms with van der Waals surface area (Å²) in [5, 5.41) is 0. The maximum Gasteiger partial charge on any atom is 0.294 e. The van der Waals surface area contributed by atoms with Crippen molar-refractivity contribution in [2.45, 2.75) is 0 Å². The predicted molar refractivity (Wildman–Crippen MR) is 17.5 cm³/mol. The Morgan fingerprint density at radius 1 is 1.67 bits per heavy atom. The van der Waals surface area contributed by atoms with E-state index < -0.39 is 16.1 Å². The zero-order chi connectivity index (χ0) is 5.21. The van der Waals surface area contributed by atoms with Gasteiger partial charge in [-0.25, -0.2) is 4.39 Å². The van der Waals surface area contributed by atoms with Gasteiger partial charge in [-0.3, -0.25) is 4.55 Å². The van der Waals surface area contributed by atoms with Crippen molar-refractivity contribution in [2.75, 3.05) is 6.01 Å². The molecule has 6 heavy (non-hydrogen) atoms. The van der Waals surface area contributed by atoms with Crippen LogP contribution in [0.1, 0.15) is 0 Å². The molecule has 0 spiro atoms. The van der Waals surface area contributed by atoms with Gasteiger partial charge in [0.05, 0.1) is 0 Å². The molecular formula is CH3FO3S. The van der Waals surface area contributed by atoms with E-state index in [1.165, 1.54) is 0 Å². The van der Waals surface area contributed by atoms with Crippen molar-refractivity contribution in [2.24, 2.45) is 0 Å². The molecule has 0 aliphatic heterocycles. The van der Waals surface area contributed by atoms with Crippen LogP contribution in [-0.2, 0) is 10.1 Å². The Hall–Kier alpha value is -0.160. The number of alkyl halides is 1. The van der Waals surface area contributed by atoms with Crippen molar-refractivity contribution >= 4 is 10.1 Å². The first-order valence-corrected chi connectivity index (χ1v) is 2.68. The summed E-state index contributed by atoms with van der Waals surface area (Å²) in [6.45, 7) is 0. The molecule has 0 aliphatic carbocycles. The first kappa shape index (κ1) is 5.84. The van der Waals surface area contributed by atoms with Gasteiger partial charge in [0.2, 0.25) is 6.01 Å². The van der Waals surface area contributed by atoms with Crippen LogP contribution in [0.2, 0.25) is 0 Å². The van der Waals surface area contributed by atoms with Crippen molar-refractivity contribution in [1.82, 2.24) is 0 Å². The van der Waals surface area contributed by atoms with Gasteiger partial charge < -0.3 is 0 Å². The van der Waals surface area contributed by atoms with E-state index in [-0.39, 0.29) is 0 Å². The summed E-state index contributed by atoms with van der Waals surface area (Å²) in [4.78, 5) is 0. The number of halogens is 1. The summed E-state index contributed by atoms with van der Waals surface area (Å²) < 4.78 is 36.4. The molecule has 0 saturated carbocycles. The van der Waals surface area contributed by atoms with Gasteiger partial charge in [0, 0.05) is 0 Å². The van der Waals surface area contributed by atoms with Gasteiger partial charge in [-0.15, -0.1) is 0 Å². The molecule has 0 unspecified atom stereocenters. The molecule has 38 valence electrons. The lowest BCUT2D eigenvalue weighted by atomic mass is 11.8. The van der Waals surface area contributed by atoms with Crippen molar-refractivity contribution in [3.05, 3.63) is 0 Å². The van der Waals surface area contributed by atoms with Crippen LogP contribution in [0.15, 0.2) is 0 Å². The lowest BCUT2D eigenvalue weighted by molar-refractivity contribution is 0.447. The lowest BCUT2D eigenvalue weighted by Gasteiger charge is -1.77. The highest BCUT2D eigenvalue weighted by molar-refractivity contribution is 7.85. The van der Waals surface area contributed by atoms with Crippen LogP contribution >= 0.6 is 0 Å². The van der Waals surface area contributed by atoms with Crippen LogP contribution in [0.25, 0.3) is 0 Å². The summed E-state index contributed by atoms with van der Waals surface area (Å²) in [7, 11) is -4.33. The first-order chi connectivity index (χ1) is 2.56. The Morgan fingerprint density at radius 3 is 1.83 bits per heavy atom. The summed E-state index contributed by atoms with van der Waals surface area (Å²) in [5.41, 5.74) is 0. The molecule has 0 aliphatic rings. The second-order valence-electron chi connectivity index (χ2n) is 0.691. The summed E-state index contributed by atoms with van der Waals surface area (Å²) in [5.74, 6) is 0. The Balaban J connectivity index is 3.85. The standard InChI is InChI=1S/CH3FO3S/c2-1-6(3,4)5/h1H2,(H,3,4,5)/i2-1. The fourth-order valence-electron chi connectivity index (χ4n) is 0. The highest BCUT2D eigenvalue weighted by Crippen LogP contribution is 1.77. The second kappa shape index (κ2) is 1.53. The van der Waals surface area contributed by atoms with E-state index in [9.17, 15) is 12.8 Å². The molecule has 0 saturated heterocycles. The predicted octanol–water partition coefficient (Wildman–Crippen LogP) is -0.199. The largest absolute Gasteiger partial charge is 0.294 e. The lowest BCUT2D eigenvalue weighted by Crippen LogP contribution is -1.96. The van der Waals surface area contributed by atoms with Gasteiger partial charge in [0.1, 0.15) is 0 Å². The number of rotatable bonds is 1. The minimum absolute atomic E-state index is 1.70. The van der Waals surface area contributed by atoms with E-state index in [1.807, 2.05) is 0 Å². The van der Waals surface area contributed by atoms with E-state index in [0.717, 1.165) is 0 Å². The molecular weight excluding hydrogens is 110 g/mol. The van der Waals surface area contributed by atoms with Gasteiger partial charge >= 0.3 is 0 Å².